The molecule has 0 spiro atoms. The number of piperidine rings is 1. The highest BCUT2D eigenvalue weighted by Crippen LogP contribution is 2.23. The zero-order chi connectivity index (χ0) is 21.5. The van der Waals surface area contributed by atoms with Crippen LogP contribution in [-0.4, -0.2) is 78.5 Å². The molecule has 1 aromatic rings. The van der Waals surface area contributed by atoms with Gasteiger partial charge in [-0.25, -0.2) is 4.39 Å². The van der Waals surface area contributed by atoms with Crippen LogP contribution < -0.4 is 0 Å². The number of halogens is 3. The molecule has 2 amide bonds. The third-order valence-corrected chi connectivity index (χ3v) is 6.42. The van der Waals surface area contributed by atoms with Crippen molar-refractivity contribution in [2.45, 2.75) is 31.9 Å². The van der Waals surface area contributed by atoms with Crippen LogP contribution >= 0.6 is 23.2 Å². The molecule has 5 nitrogen and oxygen atoms in total. The SMILES string of the molecule is O=C(C=Cc1ccc(Cl)c(Cl)c1)N1CCC(=O)N(CCCN2CCC(F)CC2)CC1. The van der Waals surface area contributed by atoms with Gasteiger partial charge in [0.15, 0.2) is 0 Å². The summed E-state index contributed by atoms with van der Waals surface area (Å²) in [5.74, 6) is -0.0361. The van der Waals surface area contributed by atoms with Gasteiger partial charge < -0.3 is 14.7 Å². The molecule has 2 heterocycles. The third kappa shape index (κ3) is 6.69. The number of nitrogens with zero attached hydrogens (tertiary/aromatic N) is 3. The fourth-order valence-electron chi connectivity index (χ4n) is 3.82. The van der Waals surface area contributed by atoms with Crippen molar-refractivity contribution in [2.75, 3.05) is 45.8 Å². The normalized spacial score (nSPS) is 19.5. The van der Waals surface area contributed by atoms with Crippen LogP contribution in [0, 0.1) is 0 Å². The lowest BCUT2D eigenvalue weighted by Gasteiger charge is -2.29. The van der Waals surface area contributed by atoms with Gasteiger partial charge >= 0.3 is 0 Å². The summed E-state index contributed by atoms with van der Waals surface area (Å²) in [6.07, 6.45) is 4.96. The highest BCUT2D eigenvalue weighted by Gasteiger charge is 2.23. The van der Waals surface area contributed by atoms with E-state index in [-0.39, 0.29) is 11.8 Å². The summed E-state index contributed by atoms with van der Waals surface area (Å²) in [5.41, 5.74) is 0.794. The zero-order valence-corrected chi connectivity index (χ0v) is 18.5. The molecule has 0 radical (unpaired) electrons. The smallest absolute Gasteiger partial charge is 0.246 e. The number of benzene rings is 1. The first kappa shape index (κ1) is 23.0. The van der Waals surface area contributed by atoms with Gasteiger partial charge in [0.2, 0.25) is 11.8 Å². The van der Waals surface area contributed by atoms with Crippen molar-refractivity contribution in [3.05, 3.63) is 39.9 Å². The molecule has 0 bridgehead atoms. The number of carbonyl (C=O) groups is 2. The summed E-state index contributed by atoms with van der Waals surface area (Å²) in [5, 5.41) is 0.912. The molecule has 30 heavy (non-hydrogen) atoms. The molecule has 2 aliphatic rings. The van der Waals surface area contributed by atoms with Gasteiger partial charge in [-0.3, -0.25) is 9.59 Å². The molecule has 0 atom stereocenters. The lowest BCUT2D eigenvalue weighted by molar-refractivity contribution is -0.130. The minimum Gasteiger partial charge on any atom is -0.341 e. The van der Waals surface area contributed by atoms with E-state index in [0.29, 0.717) is 55.5 Å². The molecule has 2 aliphatic heterocycles. The maximum Gasteiger partial charge on any atom is 0.246 e. The topological polar surface area (TPSA) is 43.9 Å². The van der Waals surface area contributed by atoms with Crippen molar-refractivity contribution >= 4 is 41.1 Å². The molecule has 0 aliphatic carbocycles. The van der Waals surface area contributed by atoms with Gasteiger partial charge in [-0.15, -0.1) is 0 Å². The second-order valence-corrected chi connectivity index (χ2v) is 8.65. The van der Waals surface area contributed by atoms with Gasteiger partial charge in [0, 0.05) is 51.8 Å². The lowest BCUT2D eigenvalue weighted by Crippen LogP contribution is -2.38. The summed E-state index contributed by atoms with van der Waals surface area (Å²) in [6.45, 7) is 4.62. The molecular formula is C22H28Cl2FN3O2. The quantitative estimate of drug-likeness (QED) is 0.611. The molecule has 0 unspecified atom stereocenters. The Morgan fingerprint density at radius 3 is 2.57 bits per heavy atom. The van der Waals surface area contributed by atoms with Crippen molar-refractivity contribution in [3.63, 3.8) is 0 Å². The maximum absolute atomic E-state index is 13.2. The Kier molecular flexibility index (Phi) is 8.54. The Bertz CT molecular complexity index is 782. The van der Waals surface area contributed by atoms with Crippen LogP contribution in [0.15, 0.2) is 24.3 Å². The predicted molar refractivity (Wildman–Crippen MR) is 118 cm³/mol. The highest BCUT2D eigenvalue weighted by atomic mass is 35.5. The molecule has 8 heteroatoms. The summed E-state index contributed by atoms with van der Waals surface area (Å²) in [7, 11) is 0. The van der Waals surface area contributed by atoms with E-state index in [2.05, 4.69) is 4.90 Å². The predicted octanol–water partition coefficient (Wildman–Crippen LogP) is 3.89. The van der Waals surface area contributed by atoms with Crippen LogP contribution in [0.1, 0.15) is 31.2 Å². The van der Waals surface area contributed by atoms with Crippen molar-refractivity contribution in [2.24, 2.45) is 0 Å². The maximum atomic E-state index is 13.2. The summed E-state index contributed by atoms with van der Waals surface area (Å²) < 4.78 is 13.2. The molecular weight excluding hydrogens is 428 g/mol. The lowest BCUT2D eigenvalue weighted by atomic mass is 10.1. The Hall–Kier alpha value is -1.63. The molecule has 0 aromatic heterocycles. The number of likely N-dealkylation sites (tertiary alicyclic amines) is 1. The molecule has 3 rings (SSSR count). The number of alkyl halides is 1. The zero-order valence-electron chi connectivity index (χ0n) is 17.0. The van der Waals surface area contributed by atoms with E-state index >= 15 is 0 Å². The van der Waals surface area contributed by atoms with E-state index in [1.165, 1.54) is 6.08 Å². The molecule has 1 aromatic carbocycles. The Morgan fingerprint density at radius 2 is 1.83 bits per heavy atom. The second kappa shape index (κ2) is 11.1. The van der Waals surface area contributed by atoms with Gasteiger partial charge in [-0.2, -0.15) is 0 Å². The average molecular weight is 456 g/mol. The van der Waals surface area contributed by atoms with Gasteiger partial charge in [-0.1, -0.05) is 29.3 Å². The van der Waals surface area contributed by atoms with E-state index in [0.717, 1.165) is 31.6 Å². The standard InChI is InChI=1S/C22H28Cl2FN3O2/c23-19-4-2-17(16-20(19)24)3-5-21(29)28-13-8-22(30)27(14-15-28)10-1-9-26-11-6-18(25)7-12-26/h2-5,16,18H,1,6-15H2. The average Bonchev–Trinajstić information content (AvgIpc) is 2.92. The van der Waals surface area contributed by atoms with E-state index in [1.54, 1.807) is 29.2 Å². The van der Waals surface area contributed by atoms with Crippen molar-refractivity contribution < 1.29 is 14.0 Å². The number of amides is 2. The molecule has 0 saturated carbocycles. The molecule has 2 fully saturated rings. The fourth-order valence-corrected chi connectivity index (χ4v) is 4.13. The highest BCUT2D eigenvalue weighted by molar-refractivity contribution is 6.42. The van der Waals surface area contributed by atoms with Crippen molar-refractivity contribution in [1.29, 1.82) is 0 Å². The number of hydrogen-bond acceptors (Lipinski definition) is 3. The summed E-state index contributed by atoms with van der Waals surface area (Å²) >= 11 is 11.9. The Labute approximate surface area is 187 Å². The Balaban J connectivity index is 1.45. The van der Waals surface area contributed by atoms with Crippen molar-refractivity contribution in [1.82, 2.24) is 14.7 Å². The van der Waals surface area contributed by atoms with Gasteiger partial charge in [-0.05, 0) is 49.6 Å². The number of carbonyl (C=O) groups excluding carboxylic acids is 2. The van der Waals surface area contributed by atoms with Gasteiger partial charge in [0.05, 0.1) is 10.0 Å². The van der Waals surface area contributed by atoms with E-state index in [4.69, 9.17) is 23.2 Å². The van der Waals surface area contributed by atoms with Crippen LogP contribution in [0.4, 0.5) is 4.39 Å². The van der Waals surface area contributed by atoms with Crippen LogP contribution in [0.25, 0.3) is 6.08 Å². The van der Waals surface area contributed by atoms with Gasteiger partial charge in [0.25, 0.3) is 0 Å². The minimum atomic E-state index is -0.664. The summed E-state index contributed by atoms with van der Waals surface area (Å²) in [6, 6.07) is 5.19. The molecule has 2 saturated heterocycles. The van der Waals surface area contributed by atoms with Crippen LogP contribution in [0.5, 0.6) is 0 Å². The first-order valence-corrected chi connectivity index (χ1v) is 11.2. The monoisotopic (exact) mass is 455 g/mol. The largest absolute Gasteiger partial charge is 0.341 e. The fraction of sp³-hybridized carbons (Fsp3) is 0.545. The number of hydrogen-bond donors (Lipinski definition) is 0. The van der Waals surface area contributed by atoms with E-state index in [9.17, 15) is 14.0 Å². The molecule has 164 valence electrons. The van der Waals surface area contributed by atoms with Crippen LogP contribution in [0.2, 0.25) is 10.0 Å². The van der Waals surface area contributed by atoms with E-state index in [1.807, 2.05) is 4.90 Å². The van der Waals surface area contributed by atoms with Crippen LogP contribution in [-0.2, 0) is 9.59 Å². The van der Waals surface area contributed by atoms with Crippen molar-refractivity contribution in [3.8, 4) is 0 Å². The van der Waals surface area contributed by atoms with Gasteiger partial charge in [0.1, 0.15) is 6.17 Å². The second-order valence-electron chi connectivity index (χ2n) is 7.83. The Morgan fingerprint density at radius 1 is 1.07 bits per heavy atom. The number of rotatable bonds is 6. The van der Waals surface area contributed by atoms with E-state index < -0.39 is 6.17 Å². The third-order valence-electron chi connectivity index (χ3n) is 5.68. The molecule has 0 N–H and O–H groups in total. The summed E-state index contributed by atoms with van der Waals surface area (Å²) in [4.78, 5) is 30.8. The minimum absolute atomic E-state index is 0.0845. The van der Waals surface area contributed by atoms with Crippen LogP contribution in [0.3, 0.4) is 0 Å². The first-order valence-electron chi connectivity index (χ1n) is 10.5. The first-order chi connectivity index (χ1) is 14.4.